The number of morpholine rings is 1. The Morgan fingerprint density at radius 3 is 2.56 bits per heavy atom. The van der Waals surface area contributed by atoms with Gasteiger partial charge in [-0.2, -0.15) is 0 Å². The molecule has 1 aliphatic rings. The molecule has 1 N–H and O–H groups in total. The van der Waals surface area contributed by atoms with Crippen molar-refractivity contribution in [1.82, 2.24) is 10.3 Å². The minimum absolute atomic E-state index is 0.0658. The standard InChI is InChI=1S/C21H27N3O2S/c1-16(2)20(27-18-6-4-3-5-7-18)21(25)23-15-17-8-9-19(22-14-17)24-10-12-26-13-11-24/h3-9,14,16,20H,10-13,15H2,1-2H3,(H,23,25). The minimum atomic E-state index is -0.118. The first-order valence-electron chi connectivity index (χ1n) is 9.40. The Morgan fingerprint density at radius 1 is 1.19 bits per heavy atom. The third kappa shape index (κ3) is 5.71. The molecule has 6 heteroatoms. The molecule has 27 heavy (non-hydrogen) atoms. The number of benzene rings is 1. The van der Waals surface area contributed by atoms with Gasteiger partial charge in [0, 0.05) is 30.7 Å². The van der Waals surface area contributed by atoms with Crippen LogP contribution in [0.1, 0.15) is 19.4 Å². The number of pyridine rings is 1. The van der Waals surface area contributed by atoms with Crippen LogP contribution in [-0.4, -0.2) is 42.4 Å². The highest BCUT2D eigenvalue weighted by molar-refractivity contribution is 8.00. The number of ether oxygens (including phenoxy) is 1. The zero-order valence-corrected chi connectivity index (χ0v) is 16.7. The van der Waals surface area contributed by atoms with Crippen LogP contribution in [0.15, 0.2) is 53.6 Å². The van der Waals surface area contributed by atoms with Crippen molar-refractivity contribution in [3.63, 3.8) is 0 Å². The highest BCUT2D eigenvalue weighted by Gasteiger charge is 2.23. The van der Waals surface area contributed by atoms with E-state index in [1.165, 1.54) is 0 Å². The maximum atomic E-state index is 12.7. The molecule has 1 unspecified atom stereocenters. The molecule has 0 radical (unpaired) electrons. The fourth-order valence-corrected chi connectivity index (χ4v) is 4.00. The number of aromatic nitrogens is 1. The summed E-state index contributed by atoms with van der Waals surface area (Å²) in [4.78, 5) is 20.6. The Labute approximate surface area is 165 Å². The average molecular weight is 386 g/mol. The number of carbonyl (C=O) groups is 1. The fourth-order valence-electron chi connectivity index (χ4n) is 2.93. The van der Waals surface area contributed by atoms with E-state index in [9.17, 15) is 4.79 Å². The van der Waals surface area contributed by atoms with Gasteiger partial charge in [-0.3, -0.25) is 4.79 Å². The molecule has 3 rings (SSSR count). The SMILES string of the molecule is CC(C)C(Sc1ccccc1)C(=O)NCc1ccc(N2CCOCC2)nc1. The van der Waals surface area contributed by atoms with Gasteiger partial charge < -0.3 is 15.0 Å². The van der Waals surface area contributed by atoms with Crippen LogP contribution in [0.4, 0.5) is 5.82 Å². The minimum Gasteiger partial charge on any atom is -0.378 e. The van der Waals surface area contributed by atoms with Crippen molar-refractivity contribution >= 4 is 23.5 Å². The smallest absolute Gasteiger partial charge is 0.234 e. The van der Waals surface area contributed by atoms with Crippen molar-refractivity contribution in [2.24, 2.45) is 5.92 Å². The van der Waals surface area contributed by atoms with E-state index < -0.39 is 0 Å². The molecule has 1 amide bonds. The number of hydrogen-bond acceptors (Lipinski definition) is 5. The molecule has 1 aromatic heterocycles. The largest absolute Gasteiger partial charge is 0.378 e. The molecule has 0 aliphatic carbocycles. The summed E-state index contributed by atoms with van der Waals surface area (Å²) < 4.78 is 5.38. The van der Waals surface area contributed by atoms with Crippen LogP contribution in [0.2, 0.25) is 0 Å². The second-order valence-electron chi connectivity index (χ2n) is 6.94. The van der Waals surface area contributed by atoms with Gasteiger partial charge in [-0.15, -0.1) is 11.8 Å². The molecule has 1 saturated heterocycles. The second-order valence-corrected chi connectivity index (χ2v) is 8.15. The van der Waals surface area contributed by atoms with Gasteiger partial charge in [-0.05, 0) is 29.7 Å². The maximum Gasteiger partial charge on any atom is 0.234 e. The molecule has 144 valence electrons. The number of anilines is 1. The highest BCUT2D eigenvalue weighted by Crippen LogP contribution is 2.28. The molecule has 0 saturated carbocycles. The second kappa shape index (κ2) is 9.76. The van der Waals surface area contributed by atoms with E-state index in [4.69, 9.17) is 4.74 Å². The summed E-state index contributed by atoms with van der Waals surface area (Å²) in [6.07, 6.45) is 1.85. The van der Waals surface area contributed by atoms with Crippen LogP contribution in [0.25, 0.3) is 0 Å². The first-order chi connectivity index (χ1) is 13.1. The van der Waals surface area contributed by atoms with E-state index in [1.54, 1.807) is 11.8 Å². The van der Waals surface area contributed by atoms with Crippen molar-refractivity contribution in [3.05, 3.63) is 54.2 Å². The zero-order valence-electron chi connectivity index (χ0n) is 15.9. The van der Waals surface area contributed by atoms with Gasteiger partial charge in [-0.25, -0.2) is 4.98 Å². The third-order valence-electron chi connectivity index (χ3n) is 4.48. The lowest BCUT2D eigenvalue weighted by molar-refractivity contribution is -0.121. The molecule has 1 aromatic carbocycles. The monoisotopic (exact) mass is 385 g/mol. The van der Waals surface area contributed by atoms with E-state index in [1.807, 2.05) is 48.7 Å². The number of carbonyl (C=O) groups excluding carboxylic acids is 1. The molecular formula is C21H27N3O2S. The number of hydrogen-bond donors (Lipinski definition) is 1. The first kappa shape index (κ1) is 19.7. The lowest BCUT2D eigenvalue weighted by Gasteiger charge is -2.27. The fraction of sp³-hybridized carbons (Fsp3) is 0.429. The topological polar surface area (TPSA) is 54.5 Å². The maximum absolute atomic E-state index is 12.7. The number of amides is 1. The molecular weight excluding hydrogens is 358 g/mol. The van der Waals surface area contributed by atoms with Gasteiger partial charge >= 0.3 is 0 Å². The number of thioether (sulfide) groups is 1. The van der Waals surface area contributed by atoms with Crippen molar-refractivity contribution < 1.29 is 9.53 Å². The highest BCUT2D eigenvalue weighted by atomic mass is 32.2. The molecule has 2 heterocycles. The number of nitrogens with zero attached hydrogens (tertiary/aromatic N) is 2. The summed E-state index contributed by atoms with van der Waals surface area (Å²) in [5, 5.41) is 2.95. The molecule has 1 fully saturated rings. The first-order valence-corrected chi connectivity index (χ1v) is 10.3. The predicted molar refractivity (Wildman–Crippen MR) is 110 cm³/mol. The van der Waals surface area contributed by atoms with Crippen LogP contribution in [0.3, 0.4) is 0 Å². The van der Waals surface area contributed by atoms with E-state index in [-0.39, 0.29) is 17.1 Å². The van der Waals surface area contributed by atoms with Crippen molar-refractivity contribution in [3.8, 4) is 0 Å². The normalized spacial score (nSPS) is 15.6. The van der Waals surface area contributed by atoms with Crippen molar-refractivity contribution in [1.29, 1.82) is 0 Å². The van der Waals surface area contributed by atoms with Crippen LogP contribution in [0.5, 0.6) is 0 Å². The van der Waals surface area contributed by atoms with E-state index in [0.717, 1.165) is 42.6 Å². The molecule has 1 aliphatic heterocycles. The molecule has 1 atom stereocenters. The van der Waals surface area contributed by atoms with Crippen LogP contribution in [-0.2, 0) is 16.1 Å². The average Bonchev–Trinajstić information content (AvgIpc) is 2.72. The molecule has 5 nitrogen and oxygen atoms in total. The summed E-state index contributed by atoms with van der Waals surface area (Å²) in [6.45, 7) is 7.89. The zero-order chi connectivity index (χ0) is 19.1. The molecule has 2 aromatic rings. The Morgan fingerprint density at radius 2 is 1.93 bits per heavy atom. The lowest BCUT2D eigenvalue weighted by Crippen LogP contribution is -2.37. The van der Waals surface area contributed by atoms with Gasteiger partial charge in [0.25, 0.3) is 0 Å². The van der Waals surface area contributed by atoms with Gasteiger partial charge in [0.15, 0.2) is 0 Å². The van der Waals surface area contributed by atoms with Gasteiger partial charge in [0.05, 0.1) is 18.5 Å². The molecule has 0 spiro atoms. The van der Waals surface area contributed by atoms with Gasteiger partial charge in [-0.1, -0.05) is 38.1 Å². The molecule has 0 bridgehead atoms. The van der Waals surface area contributed by atoms with Crippen molar-refractivity contribution in [2.75, 3.05) is 31.2 Å². The number of nitrogens with one attached hydrogen (secondary N) is 1. The van der Waals surface area contributed by atoms with E-state index >= 15 is 0 Å². The Hall–Kier alpha value is -2.05. The van der Waals surface area contributed by atoms with E-state index in [0.29, 0.717) is 6.54 Å². The Bertz CT molecular complexity index is 716. The van der Waals surface area contributed by atoms with Crippen LogP contribution >= 0.6 is 11.8 Å². The van der Waals surface area contributed by atoms with Crippen LogP contribution in [0, 0.1) is 5.92 Å². The summed E-state index contributed by atoms with van der Waals surface area (Å²) in [5.74, 6) is 1.28. The van der Waals surface area contributed by atoms with Crippen molar-refractivity contribution in [2.45, 2.75) is 30.5 Å². The van der Waals surface area contributed by atoms with E-state index in [2.05, 4.69) is 29.0 Å². The van der Waals surface area contributed by atoms with Gasteiger partial charge in [0.2, 0.25) is 5.91 Å². The van der Waals surface area contributed by atoms with Gasteiger partial charge in [0.1, 0.15) is 5.82 Å². The lowest BCUT2D eigenvalue weighted by atomic mass is 10.1. The third-order valence-corrected chi connectivity index (χ3v) is 6.04. The quantitative estimate of drug-likeness (QED) is 0.741. The summed E-state index contributed by atoms with van der Waals surface area (Å²) in [7, 11) is 0. The summed E-state index contributed by atoms with van der Waals surface area (Å²) >= 11 is 1.62. The van der Waals surface area contributed by atoms with Crippen LogP contribution < -0.4 is 10.2 Å². The predicted octanol–water partition coefficient (Wildman–Crippen LogP) is 3.35. The Kier molecular flexibility index (Phi) is 7.12. The summed E-state index contributed by atoms with van der Waals surface area (Å²) in [6, 6.07) is 14.1. The summed E-state index contributed by atoms with van der Waals surface area (Å²) in [5.41, 5.74) is 1.01. The Balaban J connectivity index is 1.55. The number of rotatable bonds is 7.